The molecular formula is C16H23IN4O4. The zero-order valence-corrected chi connectivity index (χ0v) is 16.8. The van der Waals surface area contributed by atoms with Gasteiger partial charge in [-0.3, -0.25) is 10.1 Å². The van der Waals surface area contributed by atoms with Crippen LogP contribution in [0.2, 0.25) is 0 Å². The van der Waals surface area contributed by atoms with Gasteiger partial charge in [0.05, 0.1) is 10.6 Å². The number of carbonyl (C=O) groups is 1. The van der Waals surface area contributed by atoms with Crippen molar-refractivity contribution in [3.63, 3.8) is 0 Å². The molecule has 0 aliphatic carbocycles. The number of nitrogens with two attached hydrogens (primary N) is 1. The van der Waals surface area contributed by atoms with Crippen molar-refractivity contribution in [1.82, 2.24) is 4.90 Å². The third-order valence-electron chi connectivity index (χ3n) is 4.18. The maximum atomic E-state index is 11.5. The second-order valence-electron chi connectivity index (χ2n) is 6.84. The summed E-state index contributed by atoms with van der Waals surface area (Å²) >= 11 is 2.14. The summed E-state index contributed by atoms with van der Waals surface area (Å²) in [4.78, 5) is 26.6. The van der Waals surface area contributed by atoms with E-state index in [9.17, 15) is 14.9 Å². The minimum absolute atomic E-state index is 0.0309. The molecule has 0 aromatic heterocycles. The molecule has 2 rings (SSSR count). The normalized spacial score (nSPS) is 15.9. The highest BCUT2D eigenvalue weighted by molar-refractivity contribution is 14.1. The lowest BCUT2D eigenvalue weighted by atomic mass is 9.96. The molecule has 1 aliphatic rings. The van der Waals surface area contributed by atoms with E-state index in [0.717, 1.165) is 35.4 Å². The van der Waals surface area contributed by atoms with Crippen molar-refractivity contribution < 1.29 is 14.5 Å². The molecule has 25 heavy (non-hydrogen) atoms. The van der Waals surface area contributed by atoms with Gasteiger partial charge in [-0.15, -0.1) is 0 Å². The molecule has 0 atom stereocenters. The van der Waals surface area contributed by atoms with Gasteiger partial charge in [0.2, 0.25) is 0 Å². The number of ether oxygens (including phenoxy) is 1. The second-order valence-corrected chi connectivity index (χ2v) is 8.00. The van der Waals surface area contributed by atoms with Gasteiger partial charge in [0.1, 0.15) is 5.60 Å². The number of likely N-dealkylation sites (N-methyl/N-ethyl adjacent to an activating group) is 1. The second kappa shape index (κ2) is 7.73. The minimum atomic E-state index is -0.928. The van der Waals surface area contributed by atoms with Crippen molar-refractivity contribution in [3.05, 3.63) is 31.4 Å². The van der Waals surface area contributed by atoms with Crippen molar-refractivity contribution in [2.24, 2.45) is 5.73 Å². The van der Waals surface area contributed by atoms with E-state index in [-0.39, 0.29) is 12.1 Å². The summed E-state index contributed by atoms with van der Waals surface area (Å²) in [6, 6.07) is 3.43. The van der Waals surface area contributed by atoms with Gasteiger partial charge in [0.25, 0.3) is 5.69 Å². The fourth-order valence-electron chi connectivity index (χ4n) is 2.96. The van der Waals surface area contributed by atoms with Gasteiger partial charge >= 0.3 is 6.09 Å². The van der Waals surface area contributed by atoms with Crippen molar-refractivity contribution in [1.29, 1.82) is 0 Å². The number of hydrogen-bond acceptors (Lipinski definition) is 6. The molecule has 8 nitrogen and oxygen atoms in total. The zero-order valence-electron chi connectivity index (χ0n) is 14.6. The van der Waals surface area contributed by atoms with E-state index in [4.69, 9.17) is 10.5 Å². The largest absolute Gasteiger partial charge is 0.443 e. The number of piperazine rings is 1. The lowest BCUT2D eigenvalue weighted by Crippen LogP contribution is -2.44. The van der Waals surface area contributed by atoms with E-state index in [2.05, 4.69) is 39.4 Å². The van der Waals surface area contributed by atoms with E-state index in [1.54, 1.807) is 19.9 Å². The van der Waals surface area contributed by atoms with E-state index < -0.39 is 16.6 Å². The number of primary amides is 1. The highest BCUT2D eigenvalue weighted by Crippen LogP contribution is 2.34. The Kier molecular flexibility index (Phi) is 6.09. The summed E-state index contributed by atoms with van der Waals surface area (Å²) in [5.74, 6) is 0. The first-order chi connectivity index (χ1) is 11.6. The molecule has 1 amide bonds. The Balaban J connectivity index is 2.37. The molecule has 0 radical (unpaired) electrons. The summed E-state index contributed by atoms with van der Waals surface area (Å²) < 4.78 is 5.94. The highest BCUT2D eigenvalue weighted by atomic mass is 127. The van der Waals surface area contributed by atoms with Gasteiger partial charge in [-0.2, -0.15) is 0 Å². The molecule has 1 fully saturated rings. The van der Waals surface area contributed by atoms with Crippen LogP contribution in [-0.2, 0) is 11.2 Å². The maximum Gasteiger partial charge on any atom is 0.405 e. The number of nitrogens with zero attached hydrogens (tertiary/aromatic N) is 3. The van der Waals surface area contributed by atoms with Gasteiger partial charge in [-0.05, 0) is 49.6 Å². The Morgan fingerprint density at radius 2 is 1.96 bits per heavy atom. The number of hydrogen-bond donors (Lipinski definition) is 1. The number of nitro groups is 1. The lowest BCUT2D eigenvalue weighted by Gasteiger charge is -2.35. The molecule has 138 valence electrons. The number of carbonyl (C=O) groups excluding carboxylic acids is 1. The molecule has 1 aromatic rings. The van der Waals surface area contributed by atoms with Crippen LogP contribution in [0.3, 0.4) is 0 Å². The molecule has 1 saturated heterocycles. The van der Waals surface area contributed by atoms with Gasteiger partial charge < -0.3 is 20.3 Å². The van der Waals surface area contributed by atoms with E-state index in [1.807, 2.05) is 6.07 Å². The number of amides is 1. The van der Waals surface area contributed by atoms with Crippen LogP contribution in [0.5, 0.6) is 0 Å². The topological polar surface area (TPSA) is 102 Å². The Hall–Kier alpha value is -1.62. The van der Waals surface area contributed by atoms with Crippen molar-refractivity contribution in [3.8, 4) is 0 Å². The SMILES string of the molecule is CN1CCN(c2cc(CC(C)(C)OC(N)=O)c([N+](=O)[O-])cc2I)CC1. The van der Waals surface area contributed by atoms with Gasteiger partial charge in [-0.25, -0.2) is 4.79 Å². The molecule has 9 heteroatoms. The molecule has 1 heterocycles. The summed E-state index contributed by atoms with van der Waals surface area (Å²) in [6.07, 6.45) is -0.679. The summed E-state index contributed by atoms with van der Waals surface area (Å²) in [5, 5.41) is 11.5. The predicted molar refractivity (Wildman–Crippen MR) is 104 cm³/mol. The monoisotopic (exact) mass is 462 g/mol. The summed E-state index contributed by atoms with van der Waals surface area (Å²) in [5.41, 5.74) is 5.72. The first kappa shape index (κ1) is 19.7. The summed E-state index contributed by atoms with van der Waals surface area (Å²) in [6.45, 7) is 7.00. The van der Waals surface area contributed by atoms with Gasteiger partial charge in [0.15, 0.2) is 0 Å². The fourth-order valence-corrected chi connectivity index (χ4v) is 3.75. The third-order valence-corrected chi connectivity index (χ3v) is 5.05. The molecule has 0 unspecified atom stereocenters. The summed E-state index contributed by atoms with van der Waals surface area (Å²) in [7, 11) is 2.08. The predicted octanol–water partition coefficient (Wildman–Crippen LogP) is 2.37. The third kappa shape index (κ3) is 5.18. The van der Waals surface area contributed by atoms with Crippen molar-refractivity contribution in [2.75, 3.05) is 38.1 Å². The van der Waals surface area contributed by atoms with E-state index in [1.165, 1.54) is 0 Å². The van der Waals surface area contributed by atoms with Crippen LogP contribution in [0.1, 0.15) is 19.4 Å². The van der Waals surface area contributed by atoms with Crippen LogP contribution in [0, 0.1) is 13.7 Å². The standard InChI is InChI=1S/C16H23IN4O4/c1-16(2,25-15(18)22)10-11-8-14(12(17)9-13(11)21(23)24)20-6-4-19(3)5-7-20/h8-9H,4-7,10H2,1-3H3,(H2,18,22). The lowest BCUT2D eigenvalue weighted by molar-refractivity contribution is -0.385. The first-order valence-corrected chi connectivity index (χ1v) is 9.06. The quantitative estimate of drug-likeness (QED) is 0.410. The smallest absolute Gasteiger partial charge is 0.405 e. The molecule has 1 aromatic carbocycles. The number of anilines is 1. The Morgan fingerprint density at radius 3 is 2.48 bits per heavy atom. The number of nitro benzene ring substituents is 1. The van der Waals surface area contributed by atoms with Crippen LogP contribution in [0.4, 0.5) is 16.2 Å². The number of benzene rings is 1. The number of halogens is 1. The van der Waals surface area contributed by atoms with Crippen LogP contribution in [0.15, 0.2) is 12.1 Å². The van der Waals surface area contributed by atoms with Crippen LogP contribution < -0.4 is 10.6 Å². The fraction of sp³-hybridized carbons (Fsp3) is 0.562. The average Bonchev–Trinajstić information content (AvgIpc) is 2.47. The average molecular weight is 462 g/mol. The number of rotatable bonds is 5. The van der Waals surface area contributed by atoms with Gasteiger partial charge in [-0.1, -0.05) is 0 Å². The van der Waals surface area contributed by atoms with Crippen LogP contribution in [0.25, 0.3) is 0 Å². The molecule has 0 saturated carbocycles. The zero-order chi connectivity index (χ0) is 18.8. The highest BCUT2D eigenvalue weighted by Gasteiger charge is 2.29. The first-order valence-electron chi connectivity index (χ1n) is 7.98. The van der Waals surface area contributed by atoms with Gasteiger partial charge in [0, 0.05) is 47.8 Å². The Morgan fingerprint density at radius 1 is 1.36 bits per heavy atom. The molecule has 1 aliphatic heterocycles. The molecule has 2 N–H and O–H groups in total. The van der Waals surface area contributed by atoms with E-state index >= 15 is 0 Å². The molecule has 0 spiro atoms. The Labute approximate surface area is 160 Å². The minimum Gasteiger partial charge on any atom is -0.443 e. The molecular weight excluding hydrogens is 439 g/mol. The maximum absolute atomic E-state index is 11.5. The van der Waals surface area contributed by atoms with Crippen LogP contribution >= 0.6 is 22.6 Å². The molecule has 0 bridgehead atoms. The van der Waals surface area contributed by atoms with Crippen LogP contribution in [-0.4, -0.2) is 54.7 Å². The van der Waals surface area contributed by atoms with E-state index in [0.29, 0.717) is 5.56 Å². The van der Waals surface area contributed by atoms with Crippen molar-refractivity contribution >= 4 is 40.1 Å². The Bertz CT molecular complexity index is 672. The van der Waals surface area contributed by atoms with Crippen molar-refractivity contribution in [2.45, 2.75) is 25.9 Å².